The fourth-order valence-electron chi connectivity index (χ4n) is 8.15. The topological polar surface area (TPSA) is 8.17 Å². The van der Waals surface area contributed by atoms with Crippen molar-refractivity contribution >= 4 is 70.4 Å². The van der Waals surface area contributed by atoms with Crippen molar-refractivity contribution in [1.29, 1.82) is 0 Å². The monoisotopic (exact) mass is 632 g/mol. The largest absolute Gasteiger partial charge is 0.310 e. The van der Waals surface area contributed by atoms with Gasteiger partial charge in [0, 0.05) is 59.0 Å². The van der Waals surface area contributed by atoms with Crippen LogP contribution in [0.25, 0.3) is 58.8 Å². The van der Waals surface area contributed by atoms with Gasteiger partial charge in [0.15, 0.2) is 0 Å². The van der Waals surface area contributed by atoms with Crippen LogP contribution in [0, 0.1) is 0 Å². The van der Waals surface area contributed by atoms with E-state index in [4.69, 9.17) is 0 Å². The zero-order chi connectivity index (χ0) is 32.0. The highest BCUT2D eigenvalue weighted by atomic mass is 32.1. The van der Waals surface area contributed by atoms with Gasteiger partial charge in [-0.25, -0.2) is 0 Å². The maximum absolute atomic E-state index is 2.47. The van der Waals surface area contributed by atoms with Crippen molar-refractivity contribution in [2.45, 2.75) is 19.3 Å². The summed E-state index contributed by atoms with van der Waals surface area (Å²) in [4.78, 5) is 2.47. The van der Waals surface area contributed by atoms with Crippen LogP contribution in [0.3, 0.4) is 0 Å². The molecule has 0 N–H and O–H groups in total. The van der Waals surface area contributed by atoms with Gasteiger partial charge in [-0.1, -0.05) is 105 Å². The molecule has 0 amide bonds. The molecule has 1 aliphatic rings. The van der Waals surface area contributed by atoms with Crippen LogP contribution in [0.2, 0.25) is 0 Å². The lowest BCUT2D eigenvalue weighted by Crippen LogP contribution is -2.16. The van der Waals surface area contributed by atoms with Crippen LogP contribution >= 0.6 is 11.3 Å². The molecule has 0 saturated carbocycles. The SMILES string of the molecule is CC1(C)c2ccccc2-c2c(N(c3ccc(-n4c5ccccc5c5ccccc54)cc3)c3ccc4sc5ccccc5c4c3)cccc21. The Hall–Kier alpha value is -5.64. The molecule has 2 nitrogen and oxygen atoms in total. The summed E-state index contributed by atoms with van der Waals surface area (Å²) in [6.07, 6.45) is 0. The lowest BCUT2D eigenvalue weighted by molar-refractivity contribution is 0.660. The zero-order valence-electron chi connectivity index (χ0n) is 26.8. The molecule has 0 aliphatic heterocycles. The summed E-state index contributed by atoms with van der Waals surface area (Å²) in [5.41, 5.74) is 12.4. The summed E-state index contributed by atoms with van der Waals surface area (Å²) in [5.74, 6) is 0. The Morgan fingerprint density at radius 1 is 0.500 bits per heavy atom. The Morgan fingerprint density at radius 3 is 1.88 bits per heavy atom. The number of hydrogen-bond acceptors (Lipinski definition) is 2. The first-order chi connectivity index (χ1) is 23.6. The normalized spacial score (nSPS) is 13.4. The average Bonchev–Trinajstić information content (AvgIpc) is 3.75. The minimum absolute atomic E-state index is 0.0818. The van der Waals surface area contributed by atoms with Gasteiger partial charge in [-0.2, -0.15) is 0 Å². The van der Waals surface area contributed by atoms with E-state index in [2.05, 4.69) is 181 Å². The third kappa shape index (κ3) is 3.85. The van der Waals surface area contributed by atoms with Crippen molar-refractivity contribution in [3.05, 3.63) is 169 Å². The third-order valence-corrected chi connectivity index (χ3v) is 11.5. The Kier molecular flexibility index (Phi) is 5.82. The van der Waals surface area contributed by atoms with Crippen LogP contribution in [0.1, 0.15) is 25.0 Å². The summed E-state index contributed by atoms with van der Waals surface area (Å²) in [6.45, 7) is 4.71. The van der Waals surface area contributed by atoms with Gasteiger partial charge < -0.3 is 9.47 Å². The first-order valence-corrected chi connectivity index (χ1v) is 17.4. The number of anilines is 3. The molecule has 0 radical (unpaired) electrons. The quantitative estimate of drug-likeness (QED) is 0.187. The maximum Gasteiger partial charge on any atom is 0.0543 e. The van der Waals surface area contributed by atoms with E-state index in [-0.39, 0.29) is 5.41 Å². The summed E-state index contributed by atoms with van der Waals surface area (Å²) < 4.78 is 5.02. The molecule has 0 bridgehead atoms. The van der Waals surface area contributed by atoms with Gasteiger partial charge in [-0.15, -0.1) is 11.3 Å². The summed E-state index contributed by atoms with van der Waals surface area (Å²) >= 11 is 1.87. The standard InChI is InChI=1S/C45H32N2S/c1-45(2)37-16-7-3-15-35(37)44-38(45)17-11-20-41(44)46(31-26-27-43-36(28-31)34-14-6-10-21-42(34)48-43)29-22-24-30(25-23-29)47-39-18-8-4-12-32(39)33-13-5-9-19-40(33)47/h3-28H,1-2H3. The van der Waals surface area contributed by atoms with Gasteiger partial charge >= 0.3 is 0 Å². The van der Waals surface area contributed by atoms with Crippen molar-refractivity contribution in [1.82, 2.24) is 4.57 Å². The first kappa shape index (κ1) is 27.5. The summed E-state index contributed by atoms with van der Waals surface area (Å²) in [5, 5.41) is 5.16. The van der Waals surface area contributed by atoms with Crippen LogP contribution in [0.4, 0.5) is 17.1 Å². The molecule has 0 spiro atoms. The summed E-state index contributed by atoms with van der Waals surface area (Å²) in [6, 6.07) is 58.1. The Balaban J connectivity index is 1.21. The van der Waals surface area contributed by atoms with Crippen LogP contribution in [-0.4, -0.2) is 4.57 Å². The molecule has 7 aromatic carbocycles. The van der Waals surface area contributed by atoms with Gasteiger partial charge in [0.2, 0.25) is 0 Å². The molecule has 48 heavy (non-hydrogen) atoms. The van der Waals surface area contributed by atoms with Crippen molar-refractivity contribution < 1.29 is 0 Å². The molecule has 3 heteroatoms. The number of benzene rings is 7. The molecule has 0 atom stereocenters. The number of hydrogen-bond donors (Lipinski definition) is 0. The van der Waals surface area contributed by atoms with Crippen molar-refractivity contribution in [3.8, 4) is 16.8 Å². The number of nitrogens with zero attached hydrogens (tertiary/aromatic N) is 2. The number of rotatable bonds is 4. The molecule has 1 aliphatic carbocycles. The minimum atomic E-state index is -0.0818. The molecular weight excluding hydrogens is 601 g/mol. The highest BCUT2D eigenvalue weighted by molar-refractivity contribution is 7.25. The van der Waals surface area contributed by atoms with E-state index in [1.165, 1.54) is 69.9 Å². The average molecular weight is 633 g/mol. The second-order valence-electron chi connectivity index (χ2n) is 13.4. The predicted octanol–water partition coefficient (Wildman–Crippen LogP) is 12.9. The number of aromatic nitrogens is 1. The Morgan fingerprint density at radius 2 is 1.10 bits per heavy atom. The van der Waals surface area contributed by atoms with Crippen molar-refractivity contribution in [3.63, 3.8) is 0 Å². The second kappa shape index (κ2) is 10.2. The van der Waals surface area contributed by atoms with E-state index in [1.807, 2.05) is 11.3 Å². The van der Waals surface area contributed by atoms with Crippen molar-refractivity contribution in [2.24, 2.45) is 0 Å². The van der Waals surface area contributed by atoms with E-state index in [9.17, 15) is 0 Å². The van der Waals surface area contributed by atoms with E-state index >= 15 is 0 Å². The van der Waals surface area contributed by atoms with E-state index in [0.29, 0.717) is 0 Å². The molecular formula is C45H32N2S. The molecule has 0 saturated heterocycles. The second-order valence-corrected chi connectivity index (χ2v) is 14.5. The maximum atomic E-state index is 2.47. The first-order valence-electron chi connectivity index (χ1n) is 16.6. The van der Waals surface area contributed by atoms with Crippen molar-refractivity contribution in [2.75, 3.05) is 4.90 Å². The Labute approximate surface area is 283 Å². The fourth-order valence-corrected chi connectivity index (χ4v) is 9.24. The molecule has 2 aromatic heterocycles. The third-order valence-electron chi connectivity index (χ3n) is 10.4. The minimum Gasteiger partial charge on any atom is -0.310 e. The van der Waals surface area contributed by atoms with Gasteiger partial charge in [-0.3, -0.25) is 0 Å². The van der Waals surface area contributed by atoms with Crippen LogP contribution in [0.5, 0.6) is 0 Å². The van der Waals surface area contributed by atoms with Crippen LogP contribution in [-0.2, 0) is 5.41 Å². The lowest BCUT2D eigenvalue weighted by Gasteiger charge is -2.29. The fraction of sp³-hybridized carbons (Fsp3) is 0.0667. The van der Waals surface area contributed by atoms with E-state index < -0.39 is 0 Å². The smallest absolute Gasteiger partial charge is 0.0543 e. The molecule has 0 fully saturated rings. The Bertz CT molecular complexity index is 2650. The van der Waals surface area contributed by atoms with Gasteiger partial charge in [0.1, 0.15) is 0 Å². The van der Waals surface area contributed by atoms with Gasteiger partial charge in [-0.05, 0) is 83.4 Å². The summed E-state index contributed by atoms with van der Waals surface area (Å²) in [7, 11) is 0. The molecule has 0 unspecified atom stereocenters. The lowest BCUT2D eigenvalue weighted by atomic mass is 9.82. The molecule has 2 heterocycles. The predicted molar refractivity (Wildman–Crippen MR) is 206 cm³/mol. The van der Waals surface area contributed by atoms with Gasteiger partial charge in [0.05, 0.1) is 16.7 Å². The van der Waals surface area contributed by atoms with Crippen LogP contribution < -0.4 is 4.90 Å². The van der Waals surface area contributed by atoms with E-state index in [0.717, 1.165) is 17.1 Å². The van der Waals surface area contributed by atoms with Crippen LogP contribution in [0.15, 0.2) is 158 Å². The number of thiophene rings is 1. The highest BCUT2D eigenvalue weighted by Crippen LogP contribution is 2.54. The van der Waals surface area contributed by atoms with Gasteiger partial charge in [0.25, 0.3) is 0 Å². The van der Waals surface area contributed by atoms with E-state index in [1.54, 1.807) is 0 Å². The molecule has 228 valence electrons. The zero-order valence-corrected chi connectivity index (χ0v) is 27.6. The molecule has 10 rings (SSSR count). The number of para-hydroxylation sites is 2. The number of fused-ring (bicyclic) bond motifs is 9. The highest BCUT2D eigenvalue weighted by Gasteiger charge is 2.37. The molecule has 9 aromatic rings.